The zero-order valence-corrected chi connectivity index (χ0v) is 11.6. The molecule has 0 aliphatic heterocycles. The van der Waals surface area contributed by atoms with Crippen LogP contribution in [0.1, 0.15) is 5.56 Å². The molecule has 0 radical (unpaired) electrons. The van der Waals surface area contributed by atoms with Crippen molar-refractivity contribution in [2.75, 3.05) is 11.3 Å². The maximum Gasteiger partial charge on any atom is 0.402 e. The number of rotatable bonds is 4. The molecule has 1 rings (SSSR count). The summed E-state index contributed by atoms with van der Waals surface area (Å²) in [7, 11) is -4.25. The van der Waals surface area contributed by atoms with Crippen molar-refractivity contribution in [3.8, 4) is 0 Å². The summed E-state index contributed by atoms with van der Waals surface area (Å²) in [5.74, 6) is 0. The number of hydrogen-bond acceptors (Lipinski definition) is 2. The van der Waals surface area contributed by atoms with Crippen LogP contribution in [0.2, 0.25) is 0 Å². The second kappa shape index (κ2) is 5.45. The molecule has 4 nitrogen and oxygen atoms in total. The van der Waals surface area contributed by atoms with Gasteiger partial charge in [-0.2, -0.15) is 26.3 Å². The van der Waals surface area contributed by atoms with Crippen molar-refractivity contribution in [3.05, 3.63) is 28.2 Å². The number of nitrogens with one attached hydrogen (secondary N) is 2. The summed E-state index contributed by atoms with van der Waals surface area (Å²) in [5, 5.41) is 0. The van der Waals surface area contributed by atoms with Crippen LogP contribution in [0.3, 0.4) is 0 Å². The summed E-state index contributed by atoms with van der Waals surface area (Å²) in [6.45, 7) is 0.0150. The summed E-state index contributed by atoms with van der Waals surface area (Å²) in [6, 6.07) is 4.71. The van der Waals surface area contributed by atoms with E-state index >= 15 is 0 Å². The number of benzene rings is 1. The lowest BCUT2D eigenvalue weighted by Gasteiger charge is -2.13. The fraction of sp³-hybridized carbons (Fsp3) is 0.333. The second-order valence-corrected chi connectivity index (χ2v) is 5.81. The van der Waals surface area contributed by atoms with Gasteiger partial charge in [0.05, 0.1) is 5.69 Å². The highest BCUT2D eigenvalue weighted by Gasteiger charge is 2.29. The Bertz CT molecular complexity index is 531. The topological polar surface area (TPSA) is 58.2 Å². The molecule has 0 amide bonds. The van der Waals surface area contributed by atoms with Crippen LogP contribution >= 0.6 is 15.9 Å². The SMILES string of the molecule is Cc1c(Br)cccc1NS(=O)(=O)NCC(F)(F)F. The normalized spacial score (nSPS) is 12.5. The molecule has 0 atom stereocenters. The van der Waals surface area contributed by atoms with Gasteiger partial charge in [-0.15, -0.1) is 0 Å². The predicted octanol–water partition coefficient (Wildman–Crippen LogP) is 2.57. The monoisotopic (exact) mass is 346 g/mol. The molecular weight excluding hydrogens is 337 g/mol. The van der Waals surface area contributed by atoms with Gasteiger partial charge in [0.25, 0.3) is 10.2 Å². The zero-order valence-electron chi connectivity index (χ0n) is 9.18. The summed E-state index contributed by atoms with van der Waals surface area (Å²) in [6.07, 6.45) is -4.60. The maximum atomic E-state index is 11.9. The average Bonchev–Trinajstić information content (AvgIpc) is 2.21. The minimum atomic E-state index is -4.60. The Hall–Kier alpha value is -0.800. The van der Waals surface area contributed by atoms with Crippen molar-refractivity contribution >= 4 is 31.8 Å². The van der Waals surface area contributed by atoms with E-state index in [2.05, 4.69) is 15.9 Å². The molecule has 0 bridgehead atoms. The van der Waals surface area contributed by atoms with Gasteiger partial charge < -0.3 is 0 Å². The van der Waals surface area contributed by atoms with Gasteiger partial charge in [0.15, 0.2) is 0 Å². The van der Waals surface area contributed by atoms with Crippen molar-refractivity contribution in [1.82, 2.24) is 4.72 Å². The van der Waals surface area contributed by atoms with Crippen LogP contribution in [0.15, 0.2) is 22.7 Å². The third-order valence-corrected chi connectivity index (χ3v) is 3.85. The van der Waals surface area contributed by atoms with E-state index in [1.807, 2.05) is 4.72 Å². The van der Waals surface area contributed by atoms with Crippen molar-refractivity contribution in [2.24, 2.45) is 0 Å². The molecule has 0 saturated heterocycles. The van der Waals surface area contributed by atoms with Gasteiger partial charge in [-0.05, 0) is 24.6 Å². The number of halogens is 4. The highest BCUT2D eigenvalue weighted by atomic mass is 79.9. The van der Waals surface area contributed by atoms with E-state index in [0.29, 0.717) is 10.0 Å². The van der Waals surface area contributed by atoms with E-state index in [-0.39, 0.29) is 5.69 Å². The summed E-state index contributed by atoms with van der Waals surface area (Å²) in [4.78, 5) is 0. The molecule has 0 fully saturated rings. The number of anilines is 1. The highest BCUT2D eigenvalue weighted by Crippen LogP contribution is 2.24. The van der Waals surface area contributed by atoms with Gasteiger partial charge in [-0.1, -0.05) is 22.0 Å². The first kappa shape index (κ1) is 15.3. The zero-order chi connectivity index (χ0) is 14.0. The van der Waals surface area contributed by atoms with Crippen LogP contribution in [-0.4, -0.2) is 21.1 Å². The minimum Gasteiger partial charge on any atom is -0.271 e. The van der Waals surface area contributed by atoms with Crippen LogP contribution in [-0.2, 0) is 10.2 Å². The van der Waals surface area contributed by atoms with Gasteiger partial charge >= 0.3 is 6.18 Å². The second-order valence-electron chi connectivity index (χ2n) is 3.45. The summed E-state index contributed by atoms with van der Waals surface area (Å²) < 4.78 is 62.6. The van der Waals surface area contributed by atoms with Gasteiger partial charge in [-0.3, -0.25) is 4.72 Å². The van der Waals surface area contributed by atoms with Gasteiger partial charge in [0.2, 0.25) is 0 Å². The predicted molar refractivity (Wildman–Crippen MR) is 65.5 cm³/mol. The first-order valence-electron chi connectivity index (χ1n) is 4.70. The highest BCUT2D eigenvalue weighted by molar-refractivity contribution is 9.10. The van der Waals surface area contributed by atoms with Crippen LogP contribution in [0.25, 0.3) is 0 Å². The Morgan fingerprint density at radius 1 is 1.33 bits per heavy atom. The smallest absolute Gasteiger partial charge is 0.271 e. The Labute approximate surface area is 111 Å². The molecule has 0 aromatic heterocycles. The Kier molecular flexibility index (Phi) is 4.62. The molecule has 9 heteroatoms. The molecule has 102 valence electrons. The van der Waals surface area contributed by atoms with E-state index in [1.54, 1.807) is 19.1 Å². The molecule has 0 saturated carbocycles. The van der Waals surface area contributed by atoms with Crippen LogP contribution in [0, 0.1) is 6.92 Å². The molecule has 1 aromatic carbocycles. The summed E-state index contributed by atoms with van der Waals surface area (Å²) >= 11 is 3.19. The molecule has 1 aromatic rings. The molecule has 18 heavy (non-hydrogen) atoms. The standard InChI is InChI=1S/C9H10BrF3N2O2S/c1-6-7(10)3-2-4-8(6)15-18(16,17)14-5-9(11,12)13/h2-4,14-15H,5H2,1H3. The van der Waals surface area contributed by atoms with E-state index in [0.717, 1.165) is 0 Å². The Morgan fingerprint density at radius 2 is 1.94 bits per heavy atom. The van der Waals surface area contributed by atoms with Crippen molar-refractivity contribution in [1.29, 1.82) is 0 Å². The fourth-order valence-corrected chi connectivity index (χ4v) is 2.38. The van der Waals surface area contributed by atoms with E-state index in [9.17, 15) is 21.6 Å². The van der Waals surface area contributed by atoms with Gasteiger partial charge in [0.1, 0.15) is 6.54 Å². The first-order valence-corrected chi connectivity index (χ1v) is 6.97. The third-order valence-electron chi connectivity index (χ3n) is 1.97. The van der Waals surface area contributed by atoms with Gasteiger partial charge in [0, 0.05) is 4.47 Å². The number of alkyl halides is 3. The van der Waals surface area contributed by atoms with Gasteiger partial charge in [-0.25, -0.2) is 0 Å². The third kappa shape index (κ3) is 4.83. The van der Waals surface area contributed by atoms with Crippen molar-refractivity contribution < 1.29 is 21.6 Å². The lowest BCUT2D eigenvalue weighted by molar-refractivity contribution is -0.121. The molecule has 0 spiro atoms. The van der Waals surface area contributed by atoms with E-state index in [4.69, 9.17) is 0 Å². The molecule has 0 aliphatic carbocycles. The molecule has 0 unspecified atom stereocenters. The van der Waals surface area contributed by atoms with E-state index < -0.39 is 22.9 Å². The van der Waals surface area contributed by atoms with Crippen molar-refractivity contribution in [2.45, 2.75) is 13.1 Å². The van der Waals surface area contributed by atoms with E-state index in [1.165, 1.54) is 10.8 Å². The molecular formula is C9H10BrF3N2O2S. The first-order chi connectivity index (χ1) is 8.11. The number of hydrogen-bond donors (Lipinski definition) is 2. The van der Waals surface area contributed by atoms with Crippen LogP contribution in [0.5, 0.6) is 0 Å². The molecule has 0 aliphatic rings. The van der Waals surface area contributed by atoms with Crippen LogP contribution < -0.4 is 9.44 Å². The Balaban J connectivity index is 2.80. The summed E-state index contributed by atoms with van der Waals surface area (Å²) in [5.41, 5.74) is 0.786. The fourth-order valence-electron chi connectivity index (χ4n) is 1.08. The average molecular weight is 347 g/mol. The minimum absolute atomic E-state index is 0.207. The lowest BCUT2D eigenvalue weighted by atomic mass is 10.2. The quantitative estimate of drug-likeness (QED) is 0.880. The van der Waals surface area contributed by atoms with Crippen LogP contribution in [0.4, 0.5) is 18.9 Å². The maximum absolute atomic E-state index is 11.9. The molecule has 2 N–H and O–H groups in total. The van der Waals surface area contributed by atoms with Crippen molar-refractivity contribution in [3.63, 3.8) is 0 Å². The molecule has 0 heterocycles. The largest absolute Gasteiger partial charge is 0.402 e. The lowest BCUT2D eigenvalue weighted by Crippen LogP contribution is -2.37. The Morgan fingerprint density at radius 3 is 2.50 bits per heavy atom.